The number of methoxy groups -OCH3 is 1. The van der Waals surface area contributed by atoms with Gasteiger partial charge in [0.25, 0.3) is 10.9 Å². The van der Waals surface area contributed by atoms with Crippen molar-refractivity contribution in [3.05, 3.63) is 50.3 Å². The quantitative estimate of drug-likeness (QED) is 0.823. The minimum Gasteiger partial charge on any atom is -0.497 e. The van der Waals surface area contributed by atoms with E-state index in [1.54, 1.807) is 7.11 Å². The van der Waals surface area contributed by atoms with Crippen molar-refractivity contribution in [3.63, 3.8) is 0 Å². The first-order valence-corrected chi connectivity index (χ1v) is 7.54. The van der Waals surface area contributed by atoms with Gasteiger partial charge in [-0.05, 0) is 30.5 Å². The average molecular weight is 300 g/mol. The lowest BCUT2D eigenvalue weighted by molar-refractivity contribution is 0.409. The molecule has 0 atom stereocenters. The van der Waals surface area contributed by atoms with Gasteiger partial charge in [-0.15, -0.1) is 0 Å². The van der Waals surface area contributed by atoms with Crippen molar-refractivity contribution in [2.24, 2.45) is 0 Å². The monoisotopic (exact) mass is 300 g/mol. The Labute approximate surface area is 128 Å². The van der Waals surface area contributed by atoms with Crippen molar-refractivity contribution >= 4 is 11.4 Å². The maximum absolute atomic E-state index is 11.5. The summed E-state index contributed by atoms with van der Waals surface area (Å²) < 4.78 is 5.32. The van der Waals surface area contributed by atoms with Crippen LogP contribution >= 0.6 is 0 Å². The molecule has 5 heteroatoms. The van der Waals surface area contributed by atoms with Crippen molar-refractivity contribution in [3.8, 4) is 5.75 Å². The van der Waals surface area contributed by atoms with Crippen molar-refractivity contribution in [2.45, 2.75) is 31.1 Å². The summed E-state index contributed by atoms with van der Waals surface area (Å²) in [7, 11) is 1.66. The highest BCUT2D eigenvalue weighted by Gasteiger charge is 2.36. The molecule has 1 fully saturated rings. The molecule has 2 aromatic carbocycles. The highest BCUT2D eigenvalue weighted by molar-refractivity contribution is 5.71. The smallest absolute Gasteiger partial charge is 0.253 e. The molecule has 0 spiro atoms. The third-order valence-corrected chi connectivity index (χ3v) is 4.79. The molecule has 0 aromatic heterocycles. The molecule has 0 bridgehead atoms. The van der Waals surface area contributed by atoms with Crippen LogP contribution in [0.3, 0.4) is 0 Å². The first-order chi connectivity index (χ1) is 10.6. The summed E-state index contributed by atoms with van der Waals surface area (Å²) in [4.78, 5) is 22.8. The van der Waals surface area contributed by atoms with Crippen LogP contribution in [0.5, 0.6) is 5.75 Å². The zero-order chi connectivity index (χ0) is 15.7. The van der Waals surface area contributed by atoms with Gasteiger partial charge in [0.2, 0.25) is 0 Å². The van der Waals surface area contributed by atoms with Crippen LogP contribution in [0.25, 0.3) is 0 Å². The summed E-state index contributed by atoms with van der Waals surface area (Å²) >= 11 is 0. The lowest BCUT2D eigenvalue weighted by atomic mass is 9.78. The Kier molecular flexibility index (Phi) is 3.64. The molecule has 0 amide bonds. The van der Waals surface area contributed by atoms with Crippen molar-refractivity contribution < 1.29 is 4.74 Å². The number of ether oxygens (including phenoxy) is 1. The third kappa shape index (κ3) is 2.26. The Hall–Kier alpha value is -2.30. The van der Waals surface area contributed by atoms with E-state index in [4.69, 9.17) is 10.5 Å². The van der Waals surface area contributed by atoms with Crippen LogP contribution in [0.15, 0.2) is 33.9 Å². The third-order valence-electron chi connectivity index (χ3n) is 4.79. The molecule has 22 heavy (non-hydrogen) atoms. The van der Waals surface area contributed by atoms with Gasteiger partial charge in [-0.1, -0.05) is 25.0 Å². The van der Waals surface area contributed by atoms with Crippen LogP contribution in [0.2, 0.25) is 0 Å². The number of hydrogen-bond acceptors (Lipinski definition) is 5. The fourth-order valence-corrected chi connectivity index (χ4v) is 3.41. The number of nitrogens with one attached hydrogen (secondary N) is 1. The van der Waals surface area contributed by atoms with Gasteiger partial charge in [0.05, 0.1) is 7.11 Å². The second kappa shape index (κ2) is 5.48. The number of nitrogen functional groups attached to an aromatic ring is 1. The van der Waals surface area contributed by atoms with Gasteiger partial charge in [0.15, 0.2) is 0 Å². The van der Waals surface area contributed by atoms with Gasteiger partial charge in [0, 0.05) is 12.0 Å². The molecule has 3 rings (SSSR count). The topological polar surface area (TPSA) is 81.4 Å². The van der Waals surface area contributed by atoms with Gasteiger partial charge in [-0.3, -0.25) is 9.59 Å². The number of hydrogen-bond donors (Lipinski definition) is 2. The van der Waals surface area contributed by atoms with E-state index in [-0.39, 0.29) is 16.8 Å². The van der Waals surface area contributed by atoms with Crippen molar-refractivity contribution in [2.75, 3.05) is 24.7 Å². The Morgan fingerprint density at radius 2 is 1.95 bits per heavy atom. The lowest BCUT2D eigenvalue weighted by Crippen LogP contribution is -2.40. The number of rotatable bonds is 5. The maximum atomic E-state index is 11.5. The summed E-state index contributed by atoms with van der Waals surface area (Å²) in [5.74, 6) is 0.831. The molecule has 3 N–H and O–H groups in total. The van der Waals surface area contributed by atoms with Crippen molar-refractivity contribution in [1.29, 1.82) is 0 Å². The molecule has 2 aromatic rings. The Bertz CT molecular complexity index is 753. The molecule has 0 aliphatic heterocycles. The van der Waals surface area contributed by atoms with E-state index < -0.39 is 10.9 Å². The second-order valence-corrected chi connectivity index (χ2v) is 6.02. The fourth-order valence-electron chi connectivity index (χ4n) is 3.41. The largest absolute Gasteiger partial charge is 0.497 e. The van der Waals surface area contributed by atoms with E-state index >= 15 is 0 Å². The number of anilines is 2. The first-order valence-electron chi connectivity index (χ1n) is 7.54. The molecule has 1 aliphatic rings. The second-order valence-electron chi connectivity index (χ2n) is 6.02. The summed E-state index contributed by atoms with van der Waals surface area (Å²) in [5.41, 5.74) is 6.01. The molecule has 0 radical (unpaired) electrons. The predicted octanol–water partition coefficient (Wildman–Crippen LogP) is 1.80. The van der Waals surface area contributed by atoms with Crippen LogP contribution in [0, 0.1) is 0 Å². The minimum absolute atomic E-state index is 0.0409. The number of benzene rings is 1. The van der Waals surface area contributed by atoms with Gasteiger partial charge in [-0.2, -0.15) is 0 Å². The predicted molar refractivity (Wildman–Crippen MR) is 87.4 cm³/mol. The van der Waals surface area contributed by atoms with Crippen LogP contribution < -0.4 is 26.6 Å². The lowest BCUT2D eigenvalue weighted by Gasteiger charge is -2.31. The van der Waals surface area contributed by atoms with Crippen molar-refractivity contribution in [1.82, 2.24) is 0 Å². The van der Waals surface area contributed by atoms with Crippen LogP contribution in [-0.2, 0) is 5.41 Å². The normalized spacial score (nSPS) is 16.8. The highest BCUT2D eigenvalue weighted by Crippen LogP contribution is 2.42. The average Bonchev–Trinajstić information content (AvgIpc) is 3.04. The highest BCUT2D eigenvalue weighted by atomic mass is 16.5. The van der Waals surface area contributed by atoms with Crippen LogP contribution in [0.1, 0.15) is 31.2 Å². The molecule has 1 saturated carbocycles. The summed E-state index contributed by atoms with van der Waals surface area (Å²) in [6, 6.07) is 8.06. The zero-order valence-corrected chi connectivity index (χ0v) is 12.6. The molecular weight excluding hydrogens is 280 g/mol. The molecule has 0 saturated heterocycles. The molecule has 0 unspecified atom stereocenters. The van der Waals surface area contributed by atoms with Gasteiger partial charge >= 0.3 is 0 Å². The molecule has 1 aliphatic carbocycles. The summed E-state index contributed by atoms with van der Waals surface area (Å²) in [5, 5.41) is 3.11. The minimum atomic E-state index is -0.579. The molecule has 5 nitrogen and oxygen atoms in total. The maximum Gasteiger partial charge on any atom is 0.253 e. The zero-order valence-electron chi connectivity index (χ0n) is 12.6. The molecule has 0 heterocycles. The SMILES string of the molecule is COc1cccc(C2(CNc3c(N)c(=O)c3=O)CCCC2)c1. The standard InChI is InChI=1S/C17H20N2O3/c1-22-12-6-4-5-11(9-12)17(7-2-3-8-17)10-19-14-13(18)15(20)16(14)21/h4-6,9,19H,2-3,7-8,10,18H2,1H3. The van der Waals surface area contributed by atoms with Gasteiger partial charge < -0.3 is 15.8 Å². The molecular formula is C17H20N2O3. The Balaban J connectivity index is 1.86. The fraction of sp³-hybridized carbons (Fsp3) is 0.412. The Morgan fingerprint density at radius 3 is 2.59 bits per heavy atom. The van der Waals surface area contributed by atoms with Gasteiger partial charge in [-0.25, -0.2) is 0 Å². The van der Waals surface area contributed by atoms with E-state index in [9.17, 15) is 9.59 Å². The van der Waals surface area contributed by atoms with Gasteiger partial charge in [0.1, 0.15) is 17.1 Å². The van der Waals surface area contributed by atoms with E-state index in [1.165, 1.54) is 5.56 Å². The Morgan fingerprint density at radius 1 is 1.23 bits per heavy atom. The van der Waals surface area contributed by atoms with Crippen LogP contribution in [-0.4, -0.2) is 13.7 Å². The van der Waals surface area contributed by atoms with E-state index in [2.05, 4.69) is 17.4 Å². The summed E-state index contributed by atoms with van der Waals surface area (Å²) in [6.45, 7) is 0.606. The first kappa shape index (κ1) is 14.6. The molecule has 116 valence electrons. The number of nitrogens with two attached hydrogens (primary N) is 1. The van der Waals surface area contributed by atoms with E-state index in [0.717, 1.165) is 31.4 Å². The van der Waals surface area contributed by atoms with Crippen LogP contribution in [0.4, 0.5) is 11.4 Å². The summed E-state index contributed by atoms with van der Waals surface area (Å²) in [6.07, 6.45) is 4.39. The van der Waals surface area contributed by atoms with E-state index in [0.29, 0.717) is 6.54 Å². The van der Waals surface area contributed by atoms with E-state index in [1.807, 2.05) is 12.1 Å².